The number of amides is 1. The molecule has 2 heterocycles. The van der Waals surface area contributed by atoms with Crippen molar-refractivity contribution in [2.24, 2.45) is 5.73 Å². The minimum atomic E-state index is -0.837. The number of carbonyl (C=O) groups is 1. The summed E-state index contributed by atoms with van der Waals surface area (Å²) in [4.78, 5) is 13.4. The lowest BCUT2D eigenvalue weighted by atomic mass is 10.2. The number of nitrogens with two attached hydrogens (primary N) is 1. The molecule has 0 radical (unpaired) electrons. The van der Waals surface area contributed by atoms with Gasteiger partial charge in [0.1, 0.15) is 6.10 Å². The largest absolute Gasteiger partial charge is 0.388 e. The van der Waals surface area contributed by atoms with Gasteiger partial charge in [0.25, 0.3) is 5.91 Å². The fraction of sp³-hybridized carbons (Fsp3) is 0.900. The van der Waals surface area contributed by atoms with Crippen molar-refractivity contribution in [2.75, 3.05) is 19.6 Å². The van der Waals surface area contributed by atoms with Crippen LogP contribution in [-0.2, 0) is 9.53 Å². The Labute approximate surface area is 94.0 Å². The Morgan fingerprint density at radius 3 is 2.44 bits per heavy atom. The van der Waals surface area contributed by atoms with Crippen LogP contribution < -0.4 is 5.73 Å². The molecule has 0 aromatic rings. The highest BCUT2D eigenvalue weighted by molar-refractivity contribution is 5.81. The van der Waals surface area contributed by atoms with E-state index in [1.807, 2.05) is 0 Å². The van der Waals surface area contributed by atoms with Crippen molar-refractivity contribution in [3.05, 3.63) is 0 Å². The second-order valence-electron chi connectivity index (χ2n) is 4.44. The number of rotatable bonds is 2. The number of β-amino-alcohol motifs (C(OH)–C–C–N with tert-alkyl or cyclic N) is 2. The molecule has 4 unspecified atom stereocenters. The van der Waals surface area contributed by atoms with Crippen molar-refractivity contribution in [2.45, 2.75) is 37.3 Å². The summed E-state index contributed by atoms with van der Waals surface area (Å²) in [6.07, 6.45) is -0.696. The highest BCUT2D eigenvalue weighted by Gasteiger charge is 2.38. The van der Waals surface area contributed by atoms with Crippen molar-refractivity contribution < 1.29 is 19.7 Å². The Bertz CT molecular complexity index is 264. The van der Waals surface area contributed by atoms with E-state index in [0.717, 1.165) is 6.42 Å². The minimum absolute atomic E-state index is 0.0357. The number of ether oxygens (including phenoxy) is 1. The molecule has 2 saturated heterocycles. The van der Waals surface area contributed by atoms with Gasteiger partial charge in [-0.3, -0.25) is 4.79 Å². The molecule has 0 aromatic heterocycles. The Morgan fingerprint density at radius 2 is 1.94 bits per heavy atom. The molecule has 2 aliphatic rings. The monoisotopic (exact) mass is 230 g/mol. The van der Waals surface area contributed by atoms with Crippen LogP contribution in [0.15, 0.2) is 0 Å². The molecular weight excluding hydrogens is 212 g/mol. The molecular formula is C10H18N2O4. The van der Waals surface area contributed by atoms with Gasteiger partial charge in [-0.25, -0.2) is 0 Å². The molecule has 0 saturated carbocycles. The fourth-order valence-corrected chi connectivity index (χ4v) is 2.21. The average molecular weight is 230 g/mol. The molecule has 0 bridgehead atoms. The van der Waals surface area contributed by atoms with Gasteiger partial charge >= 0.3 is 0 Å². The summed E-state index contributed by atoms with van der Waals surface area (Å²) in [5, 5.41) is 18.7. The van der Waals surface area contributed by atoms with E-state index in [9.17, 15) is 15.0 Å². The minimum Gasteiger partial charge on any atom is -0.388 e. The maximum Gasteiger partial charge on any atom is 0.251 e. The van der Waals surface area contributed by atoms with Crippen LogP contribution in [0, 0.1) is 0 Å². The van der Waals surface area contributed by atoms with E-state index in [1.54, 1.807) is 0 Å². The third-order valence-electron chi connectivity index (χ3n) is 3.22. The molecule has 0 aromatic carbocycles. The van der Waals surface area contributed by atoms with E-state index in [2.05, 4.69) is 0 Å². The maximum absolute atomic E-state index is 11.9. The van der Waals surface area contributed by atoms with E-state index in [4.69, 9.17) is 10.5 Å². The summed E-state index contributed by atoms with van der Waals surface area (Å²) >= 11 is 0. The van der Waals surface area contributed by atoms with Crippen molar-refractivity contribution in [3.8, 4) is 0 Å². The zero-order chi connectivity index (χ0) is 11.7. The molecule has 6 nitrogen and oxygen atoms in total. The molecule has 16 heavy (non-hydrogen) atoms. The molecule has 2 rings (SSSR count). The predicted octanol–water partition coefficient (Wildman–Crippen LogP) is -1.94. The molecule has 4 N–H and O–H groups in total. The normalized spacial score (nSPS) is 39.3. The third-order valence-corrected chi connectivity index (χ3v) is 3.22. The molecule has 2 fully saturated rings. The van der Waals surface area contributed by atoms with Crippen LogP contribution in [-0.4, -0.2) is 65.1 Å². The van der Waals surface area contributed by atoms with Gasteiger partial charge in [0.2, 0.25) is 0 Å². The van der Waals surface area contributed by atoms with Gasteiger partial charge in [-0.2, -0.15) is 0 Å². The molecule has 6 heteroatoms. The standard InChI is InChI=1S/C10H18N2O4/c11-3-6-1-2-9(16-6)10(15)12-4-7(13)8(14)5-12/h6-9,13-14H,1-5,11H2. The summed E-state index contributed by atoms with van der Waals surface area (Å²) in [6, 6.07) is 0. The first-order valence-corrected chi connectivity index (χ1v) is 5.62. The van der Waals surface area contributed by atoms with E-state index < -0.39 is 18.3 Å². The third kappa shape index (κ3) is 2.20. The quantitative estimate of drug-likeness (QED) is 0.513. The first-order valence-electron chi connectivity index (χ1n) is 5.62. The first-order chi connectivity index (χ1) is 7.61. The molecule has 92 valence electrons. The van der Waals surface area contributed by atoms with Crippen molar-refractivity contribution >= 4 is 5.91 Å². The predicted molar refractivity (Wildman–Crippen MR) is 55.5 cm³/mol. The van der Waals surface area contributed by atoms with Gasteiger partial charge in [0.05, 0.1) is 18.3 Å². The van der Waals surface area contributed by atoms with Gasteiger partial charge in [-0.05, 0) is 12.8 Å². The highest BCUT2D eigenvalue weighted by Crippen LogP contribution is 2.22. The van der Waals surface area contributed by atoms with E-state index in [-0.39, 0.29) is 25.1 Å². The van der Waals surface area contributed by atoms with Crippen molar-refractivity contribution in [3.63, 3.8) is 0 Å². The average Bonchev–Trinajstić information content (AvgIpc) is 2.86. The molecule has 0 spiro atoms. The molecule has 4 atom stereocenters. The zero-order valence-corrected chi connectivity index (χ0v) is 9.08. The fourth-order valence-electron chi connectivity index (χ4n) is 2.21. The van der Waals surface area contributed by atoms with Gasteiger partial charge < -0.3 is 25.6 Å². The van der Waals surface area contributed by atoms with E-state index in [1.165, 1.54) is 4.90 Å². The van der Waals surface area contributed by atoms with Crippen molar-refractivity contribution in [1.82, 2.24) is 4.90 Å². The van der Waals surface area contributed by atoms with Gasteiger partial charge in [-0.15, -0.1) is 0 Å². The first kappa shape index (κ1) is 11.8. The lowest BCUT2D eigenvalue weighted by molar-refractivity contribution is -0.142. The highest BCUT2D eigenvalue weighted by atomic mass is 16.5. The topological polar surface area (TPSA) is 96.0 Å². The van der Waals surface area contributed by atoms with Gasteiger partial charge in [-0.1, -0.05) is 0 Å². The van der Waals surface area contributed by atoms with Crippen LogP contribution in [0.2, 0.25) is 0 Å². The van der Waals surface area contributed by atoms with Crippen LogP contribution >= 0.6 is 0 Å². The SMILES string of the molecule is NCC1CCC(C(=O)N2CC(O)C(O)C2)O1. The summed E-state index contributed by atoms with van der Waals surface area (Å²) in [7, 11) is 0. The Balaban J connectivity index is 1.89. The second-order valence-corrected chi connectivity index (χ2v) is 4.44. The summed E-state index contributed by atoms with van der Waals surface area (Å²) in [6.45, 7) is 0.801. The number of aliphatic hydroxyl groups excluding tert-OH is 2. The lowest BCUT2D eigenvalue weighted by Gasteiger charge is -2.20. The number of hydrogen-bond acceptors (Lipinski definition) is 5. The number of carbonyl (C=O) groups excluding carboxylic acids is 1. The number of nitrogens with zero attached hydrogens (tertiary/aromatic N) is 1. The maximum atomic E-state index is 11.9. The lowest BCUT2D eigenvalue weighted by Crippen LogP contribution is -2.39. The number of aliphatic hydroxyl groups is 2. The summed E-state index contributed by atoms with van der Waals surface area (Å²) < 4.78 is 5.48. The second kappa shape index (κ2) is 4.67. The van der Waals surface area contributed by atoms with Gasteiger partial charge in [0, 0.05) is 19.6 Å². The smallest absolute Gasteiger partial charge is 0.251 e. The number of hydrogen-bond donors (Lipinski definition) is 3. The Morgan fingerprint density at radius 1 is 1.31 bits per heavy atom. The van der Waals surface area contributed by atoms with Crippen molar-refractivity contribution in [1.29, 1.82) is 0 Å². The van der Waals surface area contributed by atoms with E-state index in [0.29, 0.717) is 13.0 Å². The summed E-state index contributed by atoms with van der Waals surface area (Å²) in [5.41, 5.74) is 5.46. The summed E-state index contributed by atoms with van der Waals surface area (Å²) in [5.74, 6) is -0.147. The van der Waals surface area contributed by atoms with E-state index >= 15 is 0 Å². The molecule has 0 aliphatic carbocycles. The van der Waals surface area contributed by atoms with Crippen LogP contribution in [0.25, 0.3) is 0 Å². The van der Waals surface area contributed by atoms with Crippen LogP contribution in [0.5, 0.6) is 0 Å². The zero-order valence-electron chi connectivity index (χ0n) is 9.08. The van der Waals surface area contributed by atoms with Crippen LogP contribution in [0.4, 0.5) is 0 Å². The van der Waals surface area contributed by atoms with Gasteiger partial charge in [0.15, 0.2) is 0 Å². The molecule has 1 amide bonds. The Hall–Kier alpha value is -0.690. The number of likely N-dealkylation sites (tertiary alicyclic amines) is 1. The molecule has 2 aliphatic heterocycles. The Kier molecular flexibility index (Phi) is 3.44. The van der Waals surface area contributed by atoms with Crippen LogP contribution in [0.3, 0.4) is 0 Å². The van der Waals surface area contributed by atoms with Crippen LogP contribution in [0.1, 0.15) is 12.8 Å².